The first-order chi connectivity index (χ1) is 4.47. The minimum Gasteiger partial charge on any atom is -0.397 e. The van der Waals surface area contributed by atoms with E-state index in [1.54, 1.807) is 0 Å². The largest absolute Gasteiger partial charge is 0.397 e. The molecule has 0 radical (unpaired) electrons. The monoisotopic (exact) mass is 165 g/mol. The van der Waals surface area contributed by atoms with E-state index in [4.69, 9.17) is 10.2 Å². The van der Waals surface area contributed by atoms with Gasteiger partial charge in [0.25, 0.3) is 0 Å². The van der Waals surface area contributed by atoms with E-state index in [1.165, 1.54) is 0 Å². The van der Waals surface area contributed by atoms with Crippen molar-refractivity contribution in [3.63, 3.8) is 0 Å². The minimum atomic E-state index is -0.907. The van der Waals surface area contributed by atoms with Crippen molar-refractivity contribution in [2.45, 2.75) is 25.7 Å². The first-order valence-corrected chi connectivity index (χ1v) is 7.10. The van der Waals surface area contributed by atoms with Crippen molar-refractivity contribution in [1.82, 2.24) is 0 Å². The van der Waals surface area contributed by atoms with E-state index in [-0.39, 0.29) is 6.73 Å². The Labute approximate surface area is 63.9 Å². The Hall–Kier alpha value is 0.0969. The molecule has 0 bridgehead atoms. The molecule has 0 rings (SSSR count). The zero-order chi connectivity index (χ0) is 8.62. The fraction of sp³-hybridized carbons (Fsp3) is 1.00. The SMILES string of the molecule is C[Si](C)(C)CCO.NCO. The zero-order valence-corrected chi connectivity index (χ0v) is 8.09. The average molecular weight is 165 g/mol. The summed E-state index contributed by atoms with van der Waals surface area (Å²) >= 11 is 0. The van der Waals surface area contributed by atoms with E-state index in [2.05, 4.69) is 25.4 Å². The Morgan fingerprint density at radius 3 is 1.50 bits per heavy atom. The number of hydrogen-bond donors (Lipinski definition) is 3. The van der Waals surface area contributed by atoms with Gasteiger partial charge in [0.15, 0.2) is 0 Å². The Morgan fingerprint density at radius 2 is 1.50 bits per heavy atom. The van der Waals surface area contributed by atoms with Crippen LogP contribution in [0.2, 0.25) is 25.7 Å². The van der Waals surface area contributed by atoms with Crippen LogP contribution in [0.15, 0.2) is 0 Å². The van der Waals surface area contributed by atoms with Crippen molar-refractivity contribution in [1.29, 1.82) is 0 Å². The lowest BCUT2D eigenvalue weighted by atomic mass is 10.9. The van der Waals surface area contributed by atoms with E-state index in [9.17, 15) is 0 Å². The molecule has 0 fully saturated rings. The van der Waals surface area contributed by atoms with Crippen molar-refractivity contribution in [2.75, 3.05) is 13.3 Å². The number of nitrogens with two attached hydrogens (primary N) is 1. The summed E-state index contributed by atoms with van der Waals surface area (Å²) in [5.41, 5.74) is 4.40. The minimum absolute atomic E-state index is 0.250. The third-order valence-electron chi connectivity index (χ3n) is 0.862. The van der Waals surface area contributed by atoms with E-state index >= 15 is 0 Å². The van der Waals surface area contributed by atoms with Crippen LogP contribution in [0.5, 0.6) is 0 Å². The maximum Gasteiger partial charge on any atom is 0.0906 e. The van der Waals surface area contributed by atoms with Gasteiger partial charge >= 0.3 is 0 Å². The number of aliphatic hydroxyl groups excluding tert-OH is 2. The molecular formula is C6H19NO2Si. The molecule has 0 unspecified atom stereocenters. The molecule has 4 heteroatoms. The number of rotatable bonds is 2. The first-order valence-electron chi connectivity index (χ1n) is 3.39. The summed E-state index contributed by atoms with van der Waals surface area (Å²) in [6.45, 7) is 6.88. The van der Waals surface area contributed by atoms with E-state index in [1.807, 2.05) is 0 Å². The molecule has 0 saturated heterocycles. The van der Waals surface area contributed by atoms with Crippen molar-refractivity contribution in [2.24, 2.45) is 5.73 Å². The van der Waals surface area contributed by atoms with Gasteiger partial charge < -0.3 is 15.9 Å². The quantitative estimate of drug-likeness (QED) is 0.405. The second-order valence-electron chi connectivity index (χ2n) is 3.22. The second kappa shape index (κ2) is 7.21. The molecule has 0 heterocycles. The maximum absolute atomic E-state index is 8.44. The molecule has 3 nitrogen and oxygen atoms in total. The molecule has 0 aliphatic heterocycles. The van der Waals surface area contributed by atoms with Gasteiger partial charge in [0.2, 0.25) is 0 Å². The van der Waals surface area contributed by atoms with Crippen molar-refractivity contribution in [3.05, 3.63) is 0 Å². The Kier molecular flexibility index (Phi) is 9.19. The highest BCUT2D eigenvalue weighted by Crippen LogP contribution is 2.05. The zero-order valence-electron chi connectivity index (χ0n) is 7.09. The van der Waals surface area contributed by atoms with Crippen molar-refractivity contribution in [3.8, 4) is 0 Å². The van der Waals surface area contributed by atoms with Crippen LogP contribution in [0, 0.1) is 0 Å². The molecule has 0 atom stereocenters. The molecule has 0 aromatic carbocycles. The molecule has 0 aromatic rings. The highest BCUT2D eigenvalue weighted by Gasteiger charge is 2.09. The molecule has 10 heavy (non-hydrogen) atoms. The summed E-state index contributed by atoms with van der Waals surface area (Å²) in [5.74, 6) is 0. The third kappa shape index (κ3) is 24.3. The van der Waals surface area contributed by atoms with Crippen LogP contribution >= 0.6 is 0 Å². The van der Waals surface area contributed by atoms with Gasteiger partial charge in [-0.3, -0.25) is 0 Å². The third-order valence-corrected chi connectivity index (χ3v) is 2.59. The van der Waals surface area contributed by atoms with Gasteiger partial charge in [-0.15, -0.1) is 0 Å². The van der Waals surface area contributed by atoms with E-state index in [0.717, 1.165) is 6.04 Å². The van der Waals surface area contributed by atoms with Crippen molar-refractivity contribution < 1.29 is 10.2 Å². The second-order valence-corrected chi connectivity index (χ2v) is 8.84. The predicted octanol–water partition coefficient (Wildman–Crippen LogP) is 0.212. The lowest BCUT2D eigenvalue weighted by Gasteiger charge is -2.11. The van der Waals surface area contributed by atoms with Crippen molar-refractivity contribution >= 4 is 8.07 Å². The van der Waals surface area contributed by atoms with E-state index in [0.29, 0.717) is 6.61 Å². The average Bonchev–Trinajstić information content (AvgIpc) is 1.63. The molecule has 0 aliphatic carbocycles. The molecule has 0 aromatic heterocycles. The van der Waals surface area contributed by atoms with Gasteiger partial charge in [0.1, 0.15) is 0 Å². The Balaban J connectivity index is 0. The van der Waals surface area contributed by atoms with Crippen LogP contribution in [0.1, 0.15) is 0 Å². The van der Waals surface area contributed by atoms with Crippen LogP contribution < -0.4 is 5.73 Å². The maximum atomic E-state index is 8.44. The molecule has 4 N–H and O–H groups in total. The van der Waals surface area contributed by atoms with Crippen LogP contribution in [0.4, 0.5) is 0 Å². The normalized spacial score (nSPS) is 10.2. The smallest absolute Gasteiger partial charge is 0.0906 e. The van der Waals surface area contributed by atoms with Gasteiger partial charge in [-0.2, -0.15) is 0 Å². The topological polar surface area (TPSA) is 66.5 Å². The van der Waals surface area contributed by atoms with Gasteiger partial charge in [0, 0.05) is 14.7 Å². The van der Waals surface area contributed by atoms with Gasteiger partial charge in [-0.25, -0.2) is 0 Å². The fourth-order valence-corrected chi connectivity index (χ4v) is 1.01. The molecule has 0 saturated carbocycles. The summed E-state index contributed by atoms with van der Waals surface area (Å²) in [6.07, 6.45) is 0. The molecule has 0 spiro atoms. The Morgan fingerprint density at radius 1 is 1.20 bits per heavy atom. The lowest BCUT2D eigenvalue weighted by Crippen LogP contribution is -2.20. The molecule has 0 aliphatic rings. The lowest BCUT2D eigenvalue weighted by molar-refractivity contribution is 0.307. The standard InChI is InChI=1S/C5H14OSi.CH5NO/c1-7(2,3)5-4-6;2-1-3/h6H,4-5H2,1-3H3;3H,1-2H2. The Bertz CT molecular complexity index is 63.3. The highest BCUT2D eigenvalue weighted by molar-refractivity contribution is 6.76. The van der Waals surface area contributed by atoms with Crippen LogP contribution in [-0.2, 0) is 0 Å². The predicted molar refractivity (Wildman–Crippen MR) is 46.5 cm³/mol. The molecule has 0 amide bonds. The summed E-state index contributed by atoms with van der Waals surface area (Å²) in [5, 5.41) is 15.8. The van der Waals surface area contributed by atoms with Gasteiger partial charge in [-0.1, -0.05) is 19.6 Å². The highest BCUT2D eigenvalue weighted by atomic mass is 28.3. The summed E-state index contributed by atoms with van der Waals surface area (Å²) < 4.78 is 0. The summed E-state index contributed by atoms with van der Waals surface area (Å²) in [6, 6.07) is 1.03. The van der Waals surface area contributed by atoms with Crippen LogP contribution in [-0.4, -0.2) is 31.6 Å². The summed E-state index contributed by atoms with van der Waals surface area (Å²) in [4.78, 5) is 0. The fourth-order valence-electron chi connectivity index (χ4n) is 0.335. The first kappa shape index (κ1) is 12.7. The van der Waals surface area contributed by atoms with Crippen LogP contribution in [0.25, 0.3) is 0 Å². The molecular weight excluding hydrogens is 146 g/mol. The number of aliphatic hydroxyl groups is 2. The van der Waals surface area contributed by atoms with Crippen LogP contribution in [0.3, 0.4) is 0 Å². The molecule has 64 valence electrons. The van der Waals surface area contributed by atoms with E-state index < -0.39 is 8.07 Å². The van der Waals surface area contributed by atoms with Gasteiger partial charge in [-0.05, 0) is 6.04 Å². The van der Waals surface area contributed by atoms with Gasteiger partial charge in [0.05, 0.1) is 6.73 Å². The number of hydrogen-bond acceptors (Lipinski definition) is 3. The summed E-state index contributed by atoms with van der Waals surface area (Å²) in [7, 11) is -0.907.